The normalized spacial score (nSPS) is 12.9. The predicted molar refractivity (Wildman–Crippen MR) is 167 cm³/mol. The number of carbonyl (C=O) groups is 1. The molecule has 1 aliphatic heterocycles. The Morgan fingerprint density at radius 3 is 2.44 bits per heavy atom. The average Bonchev–Trinajstić information content (AvgIpc) is 3.04. The first-order valence-corrected chi connectivity index (χ1v) is 14.0. The number of carbonyl (C=O) groups excluding carboxylic acids is 1. The average molecular weight is 583 g/mol. The second-order valence-electron chi connectivity index (χ2n) is 10.2. The number of pyridine rings is 1. The van der Waals surface area contributed by atoms with Crippen LogP contribution in [0.4, 0.5) is 15.8 Å². The second kappa shape index (κ2) is 13.4. The van der Waals surface area contributed by atoms with Crippen LogP contribution in [-0.2, 0) is 11.3 Å². The van der Waals surface area contributed by atoms with Crippen LogP contribution in [-0.4, -0.2) is 51.4 Å². The van der Waals surface area contributed by atoms with Crippen molar-refractivity contribution in [2.45, 2.75) is 13.5 Å². The van der Waals surface area contributed by atoms with E-state index in [0.717, 1.165) is 33.8 Å². The van der Waals surface area contributed by atoms with Crippen molar-refractivity contribution in [3.63, 3.8) is 0 Å². The highest BCUT2D eigenvalue weighted by molar-refractivity contribution is 5.94. The summed E-state index contributed by atoms with van der Waals surface area (Å²) in [6, 6.07) is 19.8. The van der Waals surface area contributed by atoms with Crippen molar-refractivity contribution in [2.75, 3.05) is 50.7 Å². The van der Waals surface area contributed by atoms with Crippen molar-refractivity contribution in [3.05, 3.63) is 108 Å². The first kappa shape index (κ1) is 29.6. The Bertz CT molecular complexity index is 1620. The maximum atomic E-state index is 14.5. The van der Waals surface area contributed by atoms with Crippen molar-refractivity contribution in [1.82, 2.24) is 10.3 Å². The van der Waals surface area contributed by atoms with Gasteiger partial charge in [-0.05, 0) is 66.6 Å². The fourth-order valence-electron chi connectivity index (χ4n) is 4.97. The zero-order valence-electron chi connectivity index (χ0n) is 24.6. The van der Waals surface area contributed by atoms with Crippen LogP contribution >= 0.6 is 0 Å². The van der Waals surface area contributed by atoms with Gasteiger partial charge in [-0.3, -0.25) is 9.78 Å². The molecular weight excluding hydrogens is 547 g/mol. The van der Waals surface area contributed by atoms with Gasteiger partial charge >= 0.3 is 0 Å². The van der Waals surface area contributed by atoms with Gasteiger partial charge < -0.3 is 29.7 Å². The third kappa shape index (κ3) is 7.13. The topological polar surface area (TPSA) is 85.0 Å². The Hall–Kier alpha value is -4.89. The molecule has 1 aromatic heterocycles. The number of anilines is 2. The number of rotatable bonds is 10. The Morgan fingerprint density at radius 2 is 1.72 bits per heavy atom. The van der Waals surface area contributed by atoms with E-state index in [9.17, 15) is 9.18 Å². The molecule has 1 fully saturated rings. The van der Waals surface area contributed by atoms with E-state index in [-0.39, 0.29) is 11.7 Å². The van der Waals surface area contributed by atoms with E-state index in [1.54, 1.807) is 32.5 Å². The van der Waals surface area contributed by atoms with E-state index < -0.39 is 0 Å². The lowest BCUT2D eigenvalue weighted by Gasteiger charge is -2.29. The van der Waals surface area contributed by atoms with Crippen LogP contribution in [0.3, 0.4) is 0 Å². The number of aromatic nitrogens is 1. The van der Waals surface area contributed by atoms with Gasteiger partial charge in [-0.1, -0.05) is 24.8 Å². The molecule has 0 saturated carbocycles. The maximum Gasteiger partial charge on any atom is 0.251 e. The van der Waals surface area contributed by atoms with E-state index in [1.807, 2.05) is 49.4 Å². The van der Waals surface area contributed by atoms with Gasteiger partial charge in [0.2, 0.25) is 0 Å². The molecule has 1 saturated heterocycles. The molecule has 1 aliphatic rings. The molecule has 2 N–H and O–H groups in total. The number of methoxy groups -OCH3 is 2. The molecule has 222 valence electrons. The molecule has 9 heteroatoms. The molecule has 8 nitrogen and oxygen atoms in total. The number of morpholine rings is 1. The van der Waals surface area contributed by atoms with E-state index in [0.29, 0.717) is 61.2 Å². The predicted octanol–water partition coefficient (Wildman–Crippen LogP) is 6.06. The minimum atomic E-state index is -0.322. The van der Waals surface area contributed by atoms with E-state index in [2.05, 4.69) is 27.1 Å². The number of amides is 1. The maximum absolute atomic E-state index is 14.5. The molecule has 0 atom stereocenters. The Morgan fingerprint density at radius 1 is 0.977 bits per heavy atom. The van der Waals surface area contributed by atoms with Gasteiger partial charge in [0.05, 0.1) is 39.3 Å². The van der Waals surface area contributed by atoms with Gasteiger partial charge in [0.1, 0.15) is 5.82 Å². The van der Waals surface area contributed by atoms with Crippen molar-refractivity contribution in [3.8, 4) is 22.6 Å². The van der Waals surface area contributed by atoms with E-state index in [1.165, 1.54) is 12.1 Å². The van der Waals surface area contributed by atoms with Crippen LogP contribution in [0.15, 0.2) is 79.5 Å². The fraction of sp³-hybridized carbons (Fsp3) is 0.235. The number of benzene rings is 3. The second-order valence-corrected chi connectivity index (χ2v) is 10.2. The lowest BCUT2D eigenvalue weighted by molar-refractivity contribution is 0.0951. The highest BCUT2D eigenvalue weighted by Crippen LogP contribution is 2.30. The Labute approximate surface area is 251 Å². The first-order chi connectivity index (χ1) is 20.8. The molecule has 0 radical (unpaired) electrons. The summed E-state index contributed by atoms with van der Waals surface area (Å²) in [6.07, 6.45) is 1.72. The molecule has 0 aliphatic carbocycles. The summed E-state index contributed by atoms with van der Waals surface area (Å²) >= 11 is 0. The molecule has 43 heavy (non-hydrogen) atoms. The van der Waals surface area contributed by atoms with E-state index >= 15 is 0 Å². The summed E-state index contributed by atoms with van der Waals surface area (Å²) in [6.45, 7) is 9.10. The van der Waals surface area contributed by atoms with Gasteiger partial charge in [0.25, 0.3) is 5.91 Å². The summed E-state index contributed by atoms with van der Waals surface area (Å²) in [4.78, 5) is 19.5. The molecule has 0 spiro atoms. The summed E-state index contributed by atoms with van der Waals surface area (Å²) in [5.74, 6) is 0.733. The lowest BCUT2D eigenvalue weighted by atomic mass is 10.0. The molecule has 3 aromatic carbocycles. The Kier molecular flexibility index (Phi) is 9.22. The zero-order valence-corrected chi connectivity index (χ0v) is 24.6. The third-order valence-electron chi connectivity index (χ3n) is 7.35. The van der Waals surface area contributed by atoms with Crippen LogP contribution in [0.2, 0.25) is 0 Å². The molecule has 0 bridgehead atoms. The van der Waals surface area contributed by atoms with Crippen LogP contribution in [0.25, 0.3) is 16.8 Å². The summed E-state index contributed by atoms with van der Waals surface area (Å²) < 4.78 is 30.6. The minimum absolute atomic E-state index is 0.186. The molecular formula is C34H35FN4O4. The van der Waals surface area contributed by atoms with E-state index in [4.69, 9.17) is 14.2 Å². The summed E-state index contributed by atoms with van der Waals surface area (Å²) in [5, 5.41) is 6.23. The highest BCUT2D eigenvalue weighted by atomic mass is 19.1. The molecule has 2 heterocycles. The zero-order chi connectivity index (χ0) is 30.3. The number of halogens is 1. The minimum Gasteiger partial charge on any atom is -0.493 e. The van der Waals surface area contributed by atoms with Crippen LogP contribution in [0, 0.1) is 12.7 Å². The van der Waals surface area contributed by atoms with Gasteiger partial charge in [-0.25, -0.2) is 4.39 Å². The fourth-order valence-corrected chi connectivity index (χ4v) is 4.97. The van der Waals surface area contributed by atoms with Crippen molar-refractivity contribution >= 4 is 23.0 Å². The van der Waals surface area contributed by atoms with Crippen LogP contribution in [0.5, 0.6) is 11.5 Å². The molecule has 0 unspecified atom stereocenters. The standard InChI is InChI=1S/C34H35FN4O4/c1-22(27-16-28(35)18-30(17-27)39-11-13-43-14-12-39)38-29-19-31(23(2)36-21-29)25-6-8-26(9-7-25)34(40)37-20-24-5-10-32(41-3)33(15-24)42-4/h5-10,15-19,21,38H,1,11-14,20H2,2-4H3,(H,37,40). The SMILES string of the molecule is C=C(Nc1cnc(C)c(-c2ccc(C(=O)NCc3ccc(OC)c(OC)c3)cc2)c1)c1cc(F)cc(N2CCOCC2)c1. The van der Waals surface area contributed by atoms with Crippen LogP contribution < -0.4 is 25.0 Å². The van der Waals surface area contributed by atoms with Crippen molar-refractivity contribution in [1.29, 1.82) is 0 Å². The summed E-state index contributed by atoms with van der Waals surface area (Å²) in [5.41, 5.74) is 6.84. The molecule has 4 aromatic rings. The number of hydrogen-bond acceptors (Lipinski definition) is 7. The smallest absolute Gasteiger partial charge is 0.251 e. The quantitative estimate of drug-likeness (QED) is 0.235. The highest BCUT2D eigenvalue weighted by Gasteiger charge is 2.15. The lowest BCUT2D eigenvalue weighted by Crippen LogP contribution is -2.36. The first-order valence-electron chi connectivity index (χ1n) is 14.0. The number of nitrogens with zero attached hydrogens (tertiary/aromatic N) is 2. The van der Waals surface area contributed by atoms with Gasteiger partial charge in [0.15, 0.2) is 11.5 Å². The van der Waals surface area contributed by atoms with Crippen LogP contribution in [0.1, 0.15) is 27.2 Å². The summed E-state index contributed by atoms with van der Waals surface area (Å²) in [7, 11) is 3.16. The molecule has 5 rings (SSSR count). The third-order valence-corrected chi connectivity index (χ3v) is 7.35. The Balaban J connectivity index is 1.26. The molecule has 1 amide bonds. The number of hydrogen-bond donors (Lipinski definition) is 2. The van der Waals surface area contributed by atoms with Gasteiger partial charge in [-0.2, -0.15) is 0 Å². The van der Waals surface area contributed by atoms with Gasteiger partial charge in [0, 0.05) is 53.4 Å². The van der Waals surface area contributed by atoms with Crippen molar-refractivity contribution < 1.29 is 23.4 Å². The van der Waals surface area contributed by atoms with Crippen molar-refractivity contribution in [2.24, 2.45) is 0 Å². The number of ether oxygens (including phenoxy) is 3. The number of aryl methyl sites for hydroxylation is 1. The number of nitrogens with one attached hydrogen (secondary N) is 2. The largest absolute Gasteiger partial charge is 0.493 e. The monoisotopic (exact) mass is 582 g/mol. The van der Waals surface area contributed by atoms with Gasteiger partial charge in [-0.15, -0.1) is 0 Å².